The lowest BCUT2D eigenvalue weighted by Gasteiger charge is -2.10. The zero-order valence-corrected chi connectivity index (χ0v) is 17.1. The summed E-state index contributed by atoms with van der Waals surface area (Å²) >= 11 is 12.9. The van der Waals surface area contributed by atoms with Crippen LogP contribution in [0.25, 0.3) is 10.2 Å². The van der Waals surface area contributed by atoms with Crippen LogP contribution in [0.4, 0.5) is 5.69 Å². The Morgan fingerprint density at radius 3 is 2.50 bits per heavy atom. The molecule has 26 heavy (non-hydrogen) atoms. The predicted molar refractivity (Wildman–Crippen MR) is 109 cm³/mol. The van der Waals surface area contributed by atoms with Gasteiger partial charge in [-0.05, 0) is 49.7 Å². The van der Waals surface area contributed by atoms with Crippen LogP contribution >= 0.6 is 34.5 Å². The van der Waals surface area contributed by atoms with Crippen molar-refractivity contribution in [2.24, 2.45) is 0 Å². The number of benzene rings is 2. The van der Waals surface area contributed by atoms with E-state index in [-0.39, 0.29) is 16.7 Å². The first-order chi connectivity index (χ1) is 12.2. The number of fused-ring (bicyclic) bond motifs is 1. The van der Waals surface area contributed by atoms with Crippen molar-refractivity contribution >= 4 is 60.5 Å². The molecular weight excluding hydrogens is 415 g/mol. The summed E-state index contributed by atoms with van der Waals surface area (Å²) < 4.78 is 29.8. The highest BCUT2D eigenvalue weighted by atomic mass is 35.5. The van der Waals surface area contributed by atoms with E-state index in [1.807, 2.05) is 13.8 Å². The second-order valence-corrected chi connectivity index (χ2v) is 9.65. The van der Waals surface area contributed by atoms with E-state index in [1.54, 1.807) is 34.9 Å². The molecule has 2 aromatic carbocycles. The molecule has 9 heteroatoms. The Morgan fingerprint density at radius 2 is 1.85 bits per heavy atom. The Hall–Kier alpha value is -1.54. The number of nitrogens with one attached hydrogen (secondary N) is 1. The summed E-state index contributed by atoms with van der Waals surface area (Å²) in [5, 5.41) is 0.677. The Kier molecular flexibility index (Phi) is 5.35. The standard InChI is InChI=1S/C17H16Cl2N2O3S2/c1-10(2)21-15-6-4-12(8-16(15)25-17(21)22)20-26(23,24)9-11-3-5-13(18)14(19)7-11/h3-8,10,20H,9H2,1-2H3. The van der Waals surface area contributed by atoms with Crippen molar-refractivity contribution in [3.8, 4) is 0 Å². The molecule has 1 N–H and O–H groups in total. The fourth-order valence-electron chi connectivity index (χ4n) is 2.65. The normalized spacial score (nSPS) is 12.0. The van der Waals surface area contributed by atoms with Crippen molar-refractivity contribution in [2.45, 2.75) is 25.6 Å². The van der Waals surface area contributed by atoms with Gasteiger partial charge in [0, 0.05) is 6.04 Å². The van der Waals surface area contributed by atoms with Crippen molar-refractivity contribution in [1.29, 1.82) is 0 Å². The van der Waals surface area contributed by atoms with E-state index in [0.717, 1.165) is 21.6 Å². The Morgan fingerprint density at radius 1 is 1.12 bits per heavy atom. The third kappa shape index (κ3) is 4.06. The lowest BCUT2D eigenvalue weighted by Crippen LogP contribution is -2.15. The van der Waals surface area contributed by atoms with Crippen LogP contribution in [0.15, 0.2) is 41.2 Å². The maximum atomic E-state index is 12.4. The number of thiazole rings is 1. The molecule has 0 aliphatic carbocycles. The monoisotopic (exact) mass is 430 g/mol. The molecule has 3 rings (SSSR count). The lowest BCUT2D eigenvalue weighted by atomic mass is 10.2. The van der Waals surface area contributed by atoms with Gasteiger partial charge in [0.25, 0.3) is 0 Å². The molecule has 0 aliphatic heterocycles. The first kappa shape index (κ1) is 19.2. The third-order valence-corrected chi connectivity index (χ3v) is 6.66. The minimum absolute atomic E-state index is 0.0356. The van der Waals surface area contributed by atoms with Gasteiger partial charge < -0.3 is 0 Å². The molecule has 0 fully saturated rings. The number of rotatable bonds is 5. The molecule has 3 aromatic rings. The average Bonchev–Trinajstić information content (AvgIpc) is 2.85. The van der Waals surface area contributed by atoms with Gasteiger partial charge in [-0.3, -0.25) is 14.1 Å². The molecule has 0 bridgehead atoms. The molecular formula is C17H16Cl2N2O3S2. The van der Waals surface area contributed by atoms with E-state index in [0.29, 0.717) is 21.3 Å². The molecule has 0 aliphatic rings. The van der Waals surface area contributed by atoms with Gasteiger partial charge in [-0.2, -0.15) is 0 Å². The van der Waals surface area contributed by atoms with E-state index >= 15 is 0 Å². The smallest absolute Gasteiger partial charge is 0.296 e. The largest absolute Gasteiger partial charge is 0.308 e. The fraction of sp³-hybridized carbons (Fsp3) is 0.235. The van der Waals surface area contributed by atoms with Gasteiger partial charge in [0.2, 0.25) is 10.0 Å². The molecule has 0 saturated carbocycles. The van der Waals surface area contributed by atoms with Crippen molar-refractivity contribution in [2.75, 3.05) is 4.72 Å². The highest BCUT2D eigenvalue weighted by Gasteiger charge is 2.15. The number of hydrogen-bond donors (Lipinski definition) is 1. The highest BCUT2D eigenvalue weighted by molar-refractivity contribution is 7.91. The first-order valence-electron chi connectivity index (χ1n) is 7.76. The van der Waals surface area contributed by atoms with Gasteiger partial charge in [0.15, 0.2) is 0 Å². The molecule has 0 saturated heterocycles. The SMILES string of the molecule is CC(C)n1c(=O)sc2cc(NS(=O)(=O)Cc3ccc(Cl)c(Cl)c3)ccc21. The summed E-state index contributed by atoms with van der Waals surface area (Å²) in [5.74, 6) is -0.231. The van der Waals surface area contributed by atoms with E-state index in [1.165, 1.54) is 6.07 Å². The second kappa shape index (κ2) is 7.23. The molecule has 138 valence electrons. The van der Waals surface area contributed by atoms with Crippen LogP contribution in [-0.2, 0) is 15.8 Å². The van der Waals surface area contributed by atoms with Crippen molar-refractivity contribution in [3.05, 3.63) is 61.7 Å². The average molecular weight is 431 g/mol. The Balaban J connectivity index is 1.87. The topological polar surface area (TPSA) is 68.2 Å². The summed E-state index contributed by atoms with van der Waals surface area (Å²) in [6.45, 7) is 3.86. The van der Waals surface area contributed by atoms with Crippen LogP contribution in [-0.4, -0.2) is 13.0 Å². The van der Waals surface area contributed by atoms with Crippen LogP contribution in [0, 0.1) is 0 Å². The maximum absolute atomic E-state index is 12.4. The zero-order valence-electron chi connectivity index (χ0n) is 14.0. The minimum atomic E-state index is -3.64. The molecule has 1 heterocycles. The van der Waals surface area contributed by atoms with Gasteiger partial charge in [0.1, 0.15) is 0 Å². The first-order valence-corrected chi connectivity index (χ1v) is 11.0. The molecule has 5 nitrogen and oxygen atoms in total. The zero-order chi connectivity index (χ0) is 19.1. The number of nitrogens with zero attached hydrogens (tertiary/aromatic N) is 1. The summed E-state index contributed by atoms with van der Waals surface area (Å²) in [5.41, 5.74) is 1.74. The summed E-state index contributed by atoms with van der Waals surface area (Å²) in [4.78, 5) is 12.0. The Bertz CT molecular complexity index is 1130. The van der Waals surface area contributed by atoms with Crippen molar-refractivity contribution in [3.63, 3.8) is 0 Å². The van der Waals surface area contributed by atoms with E-state index < -0.39 is 10.0 Å². The number of anilines is 1. The van der Waals surface area contributed by atoms with Gasteiger partial charge >= 0.3 is 4.87 Å². The molecule has 0 atom stereocenters. The van der Waals surface area contributed by atoms with Gasteiger partial charge in [-0.1, -0.05) is 40.6 Å². The number of hydrogen-bond acceptors (Lipinski definition) is 4. The minimum Gasteiger partial charge on any atom is -0.296 e. The van der Waals surface area contributed by atoms with Gasteiger partial charge in [-0.25, -0.2) is 8.42 Å². The third-order valence-electron chi connectivity index (χ3n) is 3.74. The second-order valence-electron chi connectivity index (χ2n) is 6.12. The summed E-state index contributed by atoms with van der Waals surface area (Å²) in [6.07, 6.45) is 0. The van der Waals surface area contributed by atoms with Crippen molar-refractivity contribution < 1.29 is 8.42 Å². The molecule has 0 radical (unpaired) electrons. The number of aromatic nitrogens is 1. The van der Waals surface area contributed by atoms with Gasteiger partial charge in [0.05, 0.1) is 31.7 Å². The summed E-state index contributed by atoms with van der Waals surface area (Å²) in [6, 6.07) is 9.82. The predicted octanol–water partition coefficient (Wildman–Crippen LogP) is 4.89. The van der Waals surface area contributed by atoms with Crippen molar-refractivity contribution in [1.82, 2.24) is 4.57 Å². The highest BCUT2D eigenvalue weighted by Crippen LogP contribution is 2.26. The number of halogens is 2. The van der Waals surface area contributed by atoms with Crippen LogP contribution < -0.4 is 9.60 Å². The van der Waals surface area contributed by atoms with Crippen LogP contribution in [0.2, 0.25) is 10.0 Å². The van der Waals surface area contributed by atoms with Crippen LogP contribution in [0.5, 0.6) is 0 Å². The maximum Gasteiger partial charge on any atom is 0.308 e. The molecule has 0 amide bonds. The lowest BCUT2D eigenvalue weighted by molar-refractivity contribution is 0.600. The van der Waals surface area contributed by atoms with E-state index in [2.05, 4.69) is 4.72 Å². The molecule has 0 unspecified atom stereocenters. The fourth-order valence-corrected chi connectivity index (χ4v) is 5.20. The summed E-state index contributed by atoms with van der Waals surface area (Å²) in [7, 11) is -3.64. The van der Waals surface area contributed by atoms with E-state index in [9.17, 15) is 13.2 Å². The quantitative estimate of drug-likeness (QED) is 0.625. The number of sulfonamides is 1. The molecule has 1 aromatic heterocycles. The van der Waals surface area contributed by atoms with Gasteiger partial charge in [-0.15, -0.1) is 0 Å². The van der Waals surface area contributed by atoms with E-state index in [4.69, 9.17) is 23.2 Å². The van der Waals surface area contributed by atoms with Crippen LogP contribution in [0.1, 0.15) is 25.5 Å². The Labute approximate surface area is 165 Å². The van der Waals surface area contributed by atoms with Crippen LogP contribution in [0.3, 0.4) is 0 Å². The molecule has 0 spiro atoms.